The zero-order valence-corrected chi connectivity index (χ0v) is 20.3. The second-order valence-corrected chi connectivity index (χ2v) is 9.06. The summed E-state index contributed by atoms with van der Waals surface area (Å²) >= 11 is 0. The predicted molar refractivity (Wildman–Crippen MR) is 139 cm³/mol. The van der Waals surface area contributed by atoms with Crippen LogP contribution in [0.25, 0.3) is 22.2 Å². The third-order valence-corrected chi connectivity index (χ3v) is 6.30. The molecule has 5 rings (SSSR count). The normalized spacial score (nSPS) is 16.1. The molecule has 1 aliphatic heterocycles. The molecule has 0 spiro atoms. The minimum absolute atomic E-state index is 0.333. The maximum Gasteiger partial charge on any atom is 0.258 e. The van der Waals surface area contributed by atoms with Gasteiger partial charge in [0.15, 0.2) is 0 Å². The molecule has 2 bridgehead atoms. The summed E-state index contributed by atoms with van der Waals surface area (Å²) in [5, 5.41) is 10.1. The van der Waals surface area contributed by atoms with Crippen LogP contribution < -0.4 is 15.4 Å². The Morgan fingerprint density at radius 3 is 2.89 bits per heavy atom. The maximum atomic E-state index is 13.5. The molecule has 1 atom stereocenters. The van der Waals surface area contributed by atoms with Gasteiger partial charge in [-0.2, -0.15) is 5.10 Å². The fourth-order valence-corrected chi connectivity index (χ4v) is 4.51. The molecule has 0 aliphatic carbocycles. The highest BCUT2D eigenvalue weighted by Crippen LogP contribution is 2.33. The van der Waals surface area contributed by atoms with E-state index in [1.165, 1.54) is 6.08 Å². The van der Waals surface area contributed by atoms with Gasteiger partial charge in [0.05, 0.1) is 29.4 Å². The topological polar surface area (TPSA) is 103 Å². The van der Waals surface area contributed by atoms with Crippen LogP contribution in [-0.4, -0.2) is 37.8 Å². The predicted octanol–water partition coefficient (Wildman–Crippen LogP) is 4.62. The van der Waals surface area contributed by atoms with E-state index in [1.807, 2.05) is 31.3 Å². The second-order valence-electron chi connectivity index (χ2n) is 9.06. The SMILES string of the molecule is C=CC(=O)Nc1cc2cc(c1)-c1cnn(C)c1OCCC[C@@H](C)Cn1c(nc3ccccc31)NC2=O. The van der Waals surface area contributed by atoms with Crippen LogP contribution in [0.5, 0.6) is 5.88 Å². The molecule has 0 radical (unpaired) electrons. The van der Waals surface area contributed by atoms with Crippen LogP contribution in [0.15, 0.2) is 61.3 Å². The number of imidazole rings is 1. The van der Waals surface area contributed by atoms with Crippen molar-refractivity contribution < 1.29 is 14.3 Å². The molecule has 2 aromatic carbocycles. The Balaban J connectivity index is 1.63. The van der Waals surface area contributed by atoms with E-state index in [2.05, 4.69) is 33.8 Å². The van der Waals surface area contributed by atoms with Crippen molar-refractivity contribution >= 4 is 34.5 Å². The van der Waals surface area contributed by atoms with Gasteiger partial charge in [-0.1, -0.05) is 25.6 Å². The average Bonchev–Trinajstić information content (AvgIpc) is 3.40. The van der Waals surface area contributed by atoms with Crippen LogP contribution in [-0.2, 0) is 18.4 Å². The Morgan fingerprint density at radius 2 is 2.06 bits per heavy atom. The summed E-state index contributed by atoms with van der Waals surface area (Å²) in [5.41, 5.74) is 4.04. The van der Waals surface area contributed by atoms with Gasteiger partial charge in [0.1, 0.15) is 0 Å². The summed E-state index contributed by atoms with van der Waals surface area (Å²) < 4.78 is 9.88. The molecule has 2 N–H and O–H groups in total. The molecule has 0 unspecified atom stereocenters. The van der Waals surface area contributed by atoms with Gasteiger partial charge >= 0.3 is 0 Å². The number of fused-ring (bicyclic) bond motifs is 7. The molecular weight excluding hydrogens is 456 g/mol. The monoisotopic (exact) mass is 484 g/mol. The lowest BCUT2D eigenvalue weighted by atomic mass is 10.0. The number of amides is 2. The number of hydrogen-bond donors (Lipinski definition) is 2. The number of anilines is 2. The van der Waals surface area contributed by atoms with Crippen LogP contribution >= 0.6 is 0 Å². The van der Waals surface area contributed by atoms with Crippen molar-refractivity contribution in [2.75, 3.05) is 17.2 Å². The highest BCUT2D eigenvalue weighted by Gasteiger charge is 2.20. The van der Waals surface area contributed by atoms with E-state index in [0.29, 0.717) is 47.7 Å². The first-order valence-corrected chi connectivity index (χ1v) is 11.9. The second kappa shape index (κ2) is 9.69. The molecule has 1 aliphatic rings. The quantitative estimate of drug-likeness (QED) is 0.404. The molecule has 9 heteroatoms. The Hall–Kier alpha value is -4.40. The summed E-state index contributed by atoms with van der Waals surface area (Å²) in [5.74, 6) is 0.720. The van der Waals surface area contributed by atoms with E-state index in [4.69, 9.17) is 9.72 Å². The number of benzene rings is 2. The number of rotatable bonds is 2. The highest BCUT2D eigenvalue weighted by molar-refractivity contribution is 6.07. The molecule has 0 saturated heterocycles. The lowest BCUT2D eigenvalue weighted by Gasteiger charge is -2.16. The van der Waals surface area contributed by atoms with Crippen molar-refractivity contribution in [1.29, 1.82) is 0 Å². The number of nitrogens with one attached hydrogen (secondary N) is 2. The molecule has 36 heavy (non-hydrogen) atoms. The Labute approximate surface area is 208 Å². The zero-order chi connectivity index (χ0) is 25.2. The Kier molecular flexibility index (Phi) is 6.28. The van der Waals surface area contributed by atoms with E-state index >= 15 is 0 Å². The number of nitrogens with zero attached hydrogens (tertiary/aromatic N) is 4. The van der Waals surface area contributed by atoms with Gasteiger partial charge < -0.3 is 14.6 Å². The van der Waals surface area contributed by atoms with Crippen LogP contribution in [0.4, 0.5) is 11.6 Å². The number of ether oxygens (including phenoxy) is 1. The molecule has 3 heterocycles. The molecule has 2 aromatic heterocycles. The summed E-state index contributed by atoms with van der Waals surface area (Å²) in [6.45, 7) is 6.94. The van der Waals surface area contributed by atoms with Gasteiger partial charge in [-0.15, -0.1) is 0 Å². The van der Waals surface area contributed by atoms with Crippen molar-refractivity contribution in [2.24, 2.45) is 13.0 Å². The van der Waals surface area contributed by atoms with Crippen LogP contribution in [0.3, 0.4) is 0 Å². The fourth-order valence-electron chi connectivity index (χ4n) is 4.51. The number of aromatic nitrogens is 4. The molecule has 184 valence electrons. The largest absolute Gasteiger partial charge is 0.477 e. The fraction of sp³-hybridized carbons (Fsp3) is 0.259. The summed E-state index contributed by atoms with van der Waals surface area (Å²) in [6, 6.07) is 13.0. The lowest BCUT2D eigenvalue weighted by Crippen LogP contribution is -2.18. The number of carbonyl (C=O) groups is 2. The van der Waals surface area contributed by atoms with E-state index in [-0.39, 0.29) is 11.8 Å². The molecule has 9 nitrogen and oxygen atoms in total. The minimum Gasteiger partial charge on any atom is -0.477 e. The van der Waals surface area contributed by atoms with Gasteiger partial charge in [-0.05, 0) is 60.7 Å². The van der Waals surface area contributed by atoms with Crippen molar-refractivity contribution in [3.63, 3.8) is 0 Å². The van der Waals surface area contributed by atoms with Crippen molar-refractivity contribution in [1.82, 2.24) is 19.3 Å². The number of hydrogen-bond acceptors (Lipinski definition) is 5. The zero-order valence-electron chi connectivity index (χ0n) is 20.3. The molecule has 0 fully saturated rings. The van der Waals surface area contributed by atoms with Crippen LogP contribution in [0.2, 0.25) is 0 Å². The summed E-state index contributed by atoms with van der Waals surface area (Å²) in [6.07, 6.45) is 4.69. The Morgan fingerprint density at radius 1 is 1.25 bits per heavy atom. The smallest absolute Gasteiger partial charge is 0.258 e. The van der Waals surface area contributed by atoms with E-state index < -0.39 is 0 Å². The van der Waals surface area contributed by atoms with Gasteiger partial charge in [-0.25, -0.2) is 9.67 Å². The number of aryl methyl sites for hydroxylation is 1. The van der Waals surface area contributed by atoms with Crippen LogP contribution in [0.1, 0.15) is 30.1 Å². The molecule has 0 saturated carbocycles. The first-order valence-electron chi connectivity index (χ1n) is 11.9. The van der Waals surface area contributed by atoms with Gasteiger partial charge in [-0.3, -0.25) is 14.9 Å². The maximum absolute atomic E-state index is 13.5. The van der Waals surface area contributed by atoms with Crippen molar-refractivity contribution in [3.05, 3.63) is 66.9 Å². The highest BCUT2D eigenvalue weighted by atomic mass is 16.5. The Bertz CT molecular complexity index is 1470. The summed E-state index contributed by atoms with van der Waals surface area (Å²) in [7, 11) is 1.82. The van der Waals surface area contributed by atoms with Crippen LogP contribution in [0, 0.1) is 5.92 Å². The van der Waals surface area contributed by atoms with E-state index in [1.54, 1.807) is 29.1 Å². The van der Waals surface area contributed by atoms with Crippen molar-refractivity contribution in [3.8, 4) is 17.0 Å². The van der Waals surface area contributed by atoms with E-state index in [9.17, 15) is 9.59 Å². The summed E-state index contributed by atoms with van der Waals surface area (Å²) in [4.78, 5) is 30.3. The molecule has 4 aromatic rings. The van der Waals surface area contributed by atoms with Gasteiger partial charge in [0.2, 0.25) is 17.7 Å². The third-order valence-electron chi connectivity index (χ3n) is 6.30. The lowest BCUT2D eigenvalue weighted by molar-refractivity contribution is -0.111. The third kappa shape index (κ3) is 4.59. The standard InChI is InChI=1S/C27H28N6O3/c1-4-24(34)29-20-13-18-12-19(14-20)25(35)31-27-30-22-9-5-6-10-23(22)33(27)16-17(2)8-7-11-36-26-21(18)15-28-32(26)3/h4-6,9-10,12-15,17H,1,7-8,11,16H2,2-3H3,(H,29,34)(H,30,31,35)/t17-/m1/s1. The first kappa shape index (κ1) is 23.3. The molecular formula is C27H28N6O3. The van der Waals surface area contributed by atoms with E-state index in [0.717, 1.165) is 29.4 Å². The minimum atomic E-state index is -0.372. The average molecular weight is 485 g/mol. The van der Waals surface area contributed by atoms with Crippen molar-refractivity contribution in [2.45, 2.75) is 26.3 Å². The molecule has 2 amide bonds. The number of para-hydroxylation sites is 2. The van der Waals surface area contributed by atoms with Gasteiger partial charge in [0.25, 0.3) is 5.91 Å². The first-order chi connectivity index (χ1) is 17.4. The van der Waals surface area contributed by atoms with Gasteiger partial charge in [0, 0.05) is 24.8 Å². The number of carbonyl (C=O) groups excluding carboxylic acids is 2.